The van der Waals surface area contributed by atoms with Crippen molar-refractivity contribution in [3.05, 3.63) is 65.2 Å². The van der Waals surface area contributed by atoms with Crippen molar-refractivity contribution < 1.29 is 19.4 Å². The number of carboxylic acids is 1. The lowest BCUT2D eigenvalue weighted by Gasteiger charge is -2.08. The standard InChI is InChI=1S/C17H16O4/c1-11(17(19)20)12-3-5-13(6-4-12)16(18)14-7-9-15(21-2)10-8-14/h3-11H,1-2H3,(H,19,20). The van der Waals surface area contributed by atoms with Gasteiger partial charge in [-0.3, -0.25) is 9.59 Å². The van der Waals surface area contributed by atoms with Crippen LogP contribution in [0.3, 0.4) is 0 Å². The van der Waals surface area contributed by atoms with Gasteiger partial charge in [-0.25, -0.2) is 0 Å². The van der Waals surface area contributed by atoms with E-state index in [4.69, 9.17) is 9.84 Å². The first-order valence-electron chi connectivity index (χ1n) is 6.54. The van der Waals surface area contributed by atoms with Crippen LogP contribution in [-0.2, 0) is 4.79 Å². The Morgan fingerprint density at radius 1 is 0.952 bits per heavy atom. The molecular formula is C17H16O4. The molecule has 1 unspecified atom stereocenters. The first-order valence-corrected chi connectivity index (χ1v) is 6.54. The molecule has 0 amide bonds. The molecule has 1 N–H and O–H groups in total. The summed E-state index contributed by atoms with van der Waals surface area (Å²) < 4.78 is 5.05. The van der Waals surface area contributed by atoms with E-state index < -0.39 is 11.9 Å². The molecule has 0 radical (unpaired) electrons. The van der Waals surface area contributed by atoms with Gasteiger partial charge in [0.05, 0.1) is 13.0 Å². The molecule has 0 saturated carbocycles. The third kappa shape index (κ3) is 3.28. The minimum atomic E-state index is -0.885. The zero-order valence-corrected chi connectivity index (χ0v) is 11.9. The summed E-state index contributed by atoms with van der Waals surface area (Å²) in [5.41, 5.74) is 1.77. The Labute approximate surface area is 123 Å². The molecule has 2 aromatic carbocycles. The van der Waals surface area contributed by atoms with Gasteiger partial charge >= 0.3 is 5.97 Å². The van der Waals surface area contributed by atoms with E-state index in [-0.39, 0.29) is 5.78 Å². The fourth-order valence-corrected chi connectivity index (χ4v) is 1.97. The van der Waals surface area contributed by atoms with Gasteiger partial charge in [0.15, 0.2) is 5.78 Å². The molecule has 1 atom stereocenters. The molecule has 0 aliphatic carbocycles. The van der Waals surface area contributed by atoms with Crippen LogP contribution in [0.1, 0.15) is 34.3 Å². The number of rotatable bonds is 5. The predicted octanol–water partition coefficient (Wildman–Crippen LogP) is 3.11. The first-order chi connectivity index (χ1) is 10.0. The SMILES string of the molecule is COc1ccc(C(=O)c2ccc(C(C)C(=O)O)cc2)cc1. The van der Waals surface area contributed by atoms with E-state index >= 15 is 0 Å². The number of carbonyl (C=O) groups is 2. The predicted molar refractivity (Wildman–Crippen MR) is 78.9 cm³/mol. The number of ketones is 1. The second-order valence-electron chi connectivity index (χ2n) is 4.74. The summed E-state index contributed by atoms with van der Waals surface area (Å²) in [5.74, 6) is -0.885. The number of carboxylic acid groups (broad SMARTS) is 1. The Balaban J connectivity index is 2.21. The highest BCUT2D eigenvalue weighted by atomic mass is 16.5. The van der Waals surface area contributed by atoms with Gasteiger partial charge in [0.25, 0.3) is 0 Å². The number of hydrogen-bond donors (Lipinski definition) is 1. The Morgan fingerprint density at radius 3 is 1.86 bits per heavy atom. The summed E-state index contributed by atoms with van der Waals surface area (Å²) in [6.07, 6.45) is 0. The summed E-state index contributed by atoms with van der Waals surface area (Å²) in [5, 5.41) is 8.96. The van der Waals surface area contributed by atoms with Crippen LogP contribution in [0, 0.1) is 0 Å². The van der Waals surface area contributed by atoms with E-state index in [0.717, 1.165) is 0 Å². The number of methoxy groups -OCH3 is 1. The highest BCUT2D eigenvalue weighted by Crippen LogP contribution is 2.19. The van der Waals surface area contributed by atoms with Crippen LogP contribution in [0.15, 0.2) is 48.5 Å². The van der Waals surface area contributed by atoms with Gasteiger partial charge in [-0.1, -0.05) is 24.3 Å². The molecule has 0 aliphatic rings. The third-order valence-corrected chi connectivity index (χ3v) is 3.40. The van der Waals surface area contributed by atoms with Gasteiger partial charge in [0.2, 0.25) is 0 Å². The van der Waals surface area contributed by atoms with Crippen LogP contribution in [-0.4, -0.2) is 24.0 Å². The summed E-state index contributed by atoms with van der Waals surface area (Å²) in [6, 6.07) is 13.5. The number of ether oxygens (including phenoxy) is 1. The van der Waals surface area contributed by atoms with Crippen molar-refractivity contribution in [2.45, 2.75) is 12.8 Å². The van der Waals surface area contributed by atoms with E-state index in [9.17, 15) is 9.59 Å². The average molecular weight is 284 g/mol. The van der Waals surface area contributed by atoms with Crippen molar-refractivity contribution >= 4 is 11.8 Å². The summed E-state index contributed by atoms with van der Waals surface area (Å²) in [6.45, 7) is 1.61. The number of carbonyl (C=O) groups excluding carboxylic acids is 1. The van der Waals surface area contributed by atoms with Crippen molar-refractivity contribution in [3.8, 4) is 5.75 Å². The molecule has 2 rings (SSSR count). The van der Waals surface area contributed by atoms with Crippen LogP contribution < -0.4 is 4.74 Å². The molecule has 0 saturated heterocycles. The molecule has 0 heterocycles. The number of benzene rings is 2. The van der Waals surface area contributed by atoms with Crippen LogP contribution in [0.25, 0.3) is 0 Å². The molecule has 2 aromatic rings. The molecule has 4 nitrogen and oxygen atoms in total. The van der Waals surface area contributed by atoms with Crippen LogP contribution in [0.5, 0.6) is 5.75 Å². The smallest absolute Gasteiger partial charge is 0.310 e. The maximum atomic E-state index is 12.3. The summed E-state index contributed by atoms with van der Waals surface area (Å²) in [4.78, 5) is 23.2. The monoisotopic (exact) mass is 284 g/mol. The molecule has 4 heteroatoms. The van der Waals surface area contributed by atoms with Crippen molar-refractivity contribution in [1.29, 1.82) is 0 Å². The van der Waals surface area contributed by atoms with Gasteiger partial charge < -0.3 is 9.84 Å². The van der Waals surface area contributed by atoms with Crippen molar-refractivity contribution in [3.63, 3.8) is 0 Å². The maximum Gasteiger partial charge on any atom is 0.310 e. The summed E-state index contributed by atoms with van der Waals surface area (Å²) >= 11 is 0. The van der Waals surface area contributed by atoms with E-state index in [1.165, 1.54) is 0 Å². The normalized spacial score (nSPS) is 11.7. The van der Waals surface area contributed by atoms with E-state index in [0.29, 0.717) is 22.4 Å². The van der Waals surface area contributed by atoms with E-state index in [2.05, 4.69) is 0 Å². The minimum absolute atomic E-state index is 0.104. The molecule has 0 spiro atoms. The van der Waals surface area contributed by atoms with Crippen LogP contribution in [0.4, 0.5) is 0 Å². The fourth-order valence-electron chi connectivity index (χ4n) is 1.97. The minimum Gasteiger partial charge on any atom is -0.497 e. The molecule has 0 aromatic heterocycles. The molecule has 0 fully saturated rings. The summed E-state index contributed by atoms with van der Waals surface area (Å²) in [7, 11) is 1.57. The van der Waals surface area contributed by atoms with Gasteiger partial charge in [0.1, 0.15) is 5.75 Å². The second-order valence-corrected chi connectivity index (χ2v) is 4.74. The number of hydrogen-bond acceptors (Lipinski definition) is 3. The lowest BCUT2D eigenvalue weighted by Crippen LogP contribution is -2.08. The molecule has 0 bridgehead atoms. The van der Waals surface area contributed by atoms with Crippen LogP contribution in [0.2, 0.25) is 0 Å². The van der Waals surface area contributed by atoms with E-state index in [1.54, 1.807) is 62.6 Å². The highest BCUT2D eigenvalue weighted by molar-refractivity contribution is 6.09. The Bertz CT molecular complexity index is 641. The quantitative estimate of drug-likeness (QED) is 0.857. The zero-order valence-electron chi connectivity index (χ0n) is 11.9. The molecule has 21 heavy (non-hydrogen) atoms. The van der Waals surface area contributed by atoms with Gasteiger partial charge in [-0.05, 0) is 36.8 Å². The second kappa shape index (κ2) is 6.22. The lowest BCUT2D eigenvalue weighted by molar-refractivity contribution is -0.138. The van der Waals surface area contributed by atoms with Gasteiger partial charge in [-0.2, -0.15) is 0 Å². The highest BCUT2D eigenvalue weighted by Gasteiger charge is 2.15. The topological polar surface area (TPSA) is 63.6 Å². The maximum absolute atomic E-state index is 12.3. The Hall–Kier alpha value is -2.62. The molecule has 0 aliphatic heterocycles. The fraction of sp³-hybridized carbons (Fsp3) is 0.176. The van der Waals surface area contributed by atoms with Crippen molar-refractivity contribution in [2.24, 2.45) is 0 Å². The number of aliphatic carboxylic acids is 1. The zero-order chi connectivity index (χ0) is 15.4. The Kier molecular flexibility index (Phi) is 4.38. The largest absolute Gasteiger partial charge is 0.497 e. The third-order valence-electron chi connectivity index (χ3n) is 3.40. The lowest BCUT2D eigenvalue weighted by atomic mass is 9.97. The van der Waals surface area contributed by atoms with Gasteiger partial charge in [-0.15, -0.1) is 0 Å². The molecule has 108 valence electrons. The average Bonchev–Trinajstić information content (AvgIpc) is 2.53. The van der Waals surface area contributed by atoms with Crippen LogP contribution >= 0.6 is 0 Å². The van der Waals surface area contributed by atoms with Gasteiger partial charge in [0, 0.05) is 11.1 Å². The molecular weight excluding hydrogens is 268 g/mol. The van der Waals surface area contributed by atoms with Crippen molar-refractivity contribution in [2.75, 3.05) is 7.11 Å². The van der Waals surface area contributed by atoms with E-state index in [1.807, 2.05) is 0 Å². The Morgan fingerprint density at radius 2 is 1.43 bits per heavy atom. The first kappa shape index (κ1) is 14.8. The van der Waals surface area contributed by atoms with Crippen molar-refractivity contribution in [1.82, 2.24) is 0 Å².